The second kappa shape index (κ2) is 7.63. The van der Waals surface area contributed by atoms with Gasteiger partial charge in [-0.3, -0.25) is 0 Å². The summed E-state index contributed by atoms with van der Waals surface area (Å²) in [5, 5.41) is 0. The molecule has 2 atom stereocenters. The predicted molar refractivity (Wildman–Crippen MR) is 97.8 cm³/mol. The van der Waals surface area contributed by atoms with Gasteiger partial charge in [-0.2, -0.15) is 0 Å². The molecule has 2 unspecified atom stereocenters. The SMILES string of the molecule is CCc1ccccc1C(C)CCC(C)c1cccc(C)c1C. The molecule has 22 heavy (non-hydrogen) atoms. The molecule has 0 radical (unpaired) electrons. The van der Waals surface area contributed by atoms with Crippen molar-refractivity contribution >= 4 is 0 Å². The molecule has 0 aliphatic rings. The highest BCUT2D eigenvalue weighted by molar-refractivity contribution is 5.35. The van der Waals surface area contributed by atoms with Gasteiger partial charge in [0, 0.05) is 0 Å². The third-order valence-corrected chi connectivity index (χ3v) is 5.18. The third-order valence-electron chi connectivity index (χ3n) is 5.18. The van der Waals surface area contributed by atoms with Crippen molar-refractivity contribution in [2.45, 2.75) is 65.7 Å². The molecule has 0 aliphatic carbocycles. The van der Waals surface area contributed by atoms with Gasteiger partial charge in [0.25, 0.3) is 0 Å². The summed E-state index contributed by atoms with van der Waals surface area (Å²) in [6.45, 7) is 11.5. The average molecular weight is 294 g/mol. The largest absolute Gasteiger partial charge is 0.0620 e. The standard InChI is InChI=1S/C22H30/c1-6-20-11-7-8-12-22(20)18(4)15-14-17(3)21-13-9-10-16(2)19(21)5/h7-13,17-18H,6,14-15H2,1-5H3. The van der Waals surface area contributed by atoms with E-state index in [0.29, 0.717) is 11.8 Å². The lowest BCUT2D eigenvalue weighted by Crippen LogP contribution is -2.03. The normalized spacial score (nSPS) is 13.9. The van der Waals surface area contributed by atoms with E-state index in [1.165, 1.54) is 40.7 Å². The summed E-state index contributed by atoms with van der Waals surface area (Å²) in [6.07, 6.45) is 3.64. The van der Waals surface area contributed by atoms with Gasteiger partial charge in [0.05, 0.1) is 0 Å². The van der Waals surface area contributed by atoms with Crippen LogP contribution in [0.3, 0.4) is 0 Å². The number of hydrogen-bond donors (Lipinski definition) is 0. The quantitative estimate of drug-likeness (QED) is 0.566. The molecule has 2 aromatic carbocycles. The minimum Gasteiger partial charge on any atom is -0.0620 e. The van der Waals surface area contributed by atoms with Crippen molar-refractivity contribution in [1.29, 1.82) is 0 Å². The van der Waals surface area contributed by atoms with E-state index in [1.807, 2.05) is 0 Å². The van der Waals surface area contributed by atoms with Crippen LogP contribution in [-0.2, 0) is 6.42 Å². The third kappa shape index (κ3) is 3.80. The Kier molecular flexibility index (Phi) is 5.83. The van der Waals surface area contributed by atoms with E-state index in [1.54, 1.807) is 0 Å². The summed E-state index contributed by atoms with van der Waals surface area (Å²) in [5.41, 5.74) is 7.45. The first kappa shape index (κ1) is 16.8. The van der Waals surface area contributed by atoms with Gasteiger partial charge in [-0.25, -0.2) is 0 Å². The van der Waals surface area contributed by atoms with Crippen molar-refractivity contribution < 1.29 is 0 Å². The van der Waals surface area contributed by atoms with Crippen LogP contribution in [0.5, 0.6) is 0 Å². The van der Waals surface area contributed by atoms with Crippen LogP contribution in [0, 0.1) is 13.8 Å². The van der Waals surface area contributed by atoms with Crippen LogP contribution in [0.25, 0.3) is 0 Å². The molecule has 0 N–H and O–H groups in total. The lowest BCUT2D eigenvalue weighted by Gasteiger charge is -2.20. The maximum absolute atomic E-state index is 2.38. The van der Waals surface area contributed by atoms with Crippen LogP contribution in [0.1, 0.15) is 73.3 Å². The first-order chi connectivity index (χ1) is 10.5. The van der Waals surface area contributed by atoms with Gasteiger partial charge in [-0.1, -0.05) is 63.2 Å². The number of rotatable bonds is 6. The molecule has 0 nitrogen and oxygen atoms in total. The lowest BCUT2D eigenvalue weighted by molar-refractivity contribution is 0.569. The summed E-state index contributed by atoms with van der Waals surface area (Å²) in [4.78, 5) is 0. The Labute approximate surface area is 136 Å². The van der Waals surface area contributed by atoms with Gasteiger partial charge < -0.3 is 0 Å². The van der Waals surface area contributed by atoms with E-state index in [4.69, 9.17) is 0 Å². The maximum Gasteiger partial charge on any atom is -0.0187 e. The summed E-state index contributed by atoms with van der Waals surface area (Å²) >= 11 is 0. The zero-order valence-electron chi connectivity index (χ0n) is 14.8. The van der Waals surface area contributed by atoms with Gasteiger partial charge in [0.15, 0.2) is 0 Å². The van der Waals surface area contributed by atoms with E-state index < -0.39 is 0 Å². The smallest absolute Gasteiger partial charge is 0.0187 e. The van der Waals surface area contributed by atoms with Gasteiger partial charge in [0.2, 0.25) is 0 Å². The first-order valence-electron chi connectivity index (χ1n) is 8.68. The van der Waals surface area contributed by atoms with E-state index >= 15 is 0 Å². The topological polar surface area (TPSA) is 0 Å². The fourth-order valence-corrected chi connectivity index (χ4v) is 3.46. The molecule has 118 valence electrons. The van der Waals surface area contributed by atoms with Gasteiger partial charge in [-0.05, 0) is 72.8 Å². The Morgan fingerprint density at radius 3 is 2.05 bits per heavy atom. The minimum absolute atomic E-state index is 0.635. The summed E-state index contributed by atoms with van der Waals surface area (Å²) in [5.74, 6) is 1.28. The zero-order chi connectivity index (χ0) is 16.1. The number of hydrogen-bond acceptors (Lipinski definition) is 0. The molecule has 0 spiro atoms. The molecule has 2 rings (SSSR count). The molecular formula is C22H30. The predicted octanol–water partition coefficient (Wildman–Crippen LogP) is 6.55. The number of aryl methyl sites for hydroxylation is 2. The average Bonchev–Trinajstić information content (AvgIpc) is 2.54. The van der Waals surface area contributed by atoms with E-state index in [2.05, 4.69) is 77.1 Å². The molecule has 0 aromatic heterocycles. The van der Waals surface area contributed by atoms with Crippen LogP contribution in [0.2, 0.25) is 0 Å². The highest BCUT2D eigenvalue weighted by Gasteiger charge is 2.14. The summed E-state index contributed by atoms with van der Waals surface area (Å²) < 4.78 is 0. The molecule has 0 saturated carbocycles. The summed E-state index contributed by atoms with van der Waals surface area (Å²) in [6, 6.07) is 15.6. The number of benzene rings is 2. The van der Waals surface area contributed by atoms with E-state index in [-0.39, 0.29) is 0 Å². The molecular weight excluding hydrogens is 264 g/mol. The Hall–Kier alpha value is -1.56. The molecule has 0 bridgehead atoms. The Morgan fingerprint density at radius 1 is 0.773 bits per heavy atom. The van der Waals surface area contributed by atoms with Gasteiger partial charge in [0.1, 0.15) is 0 Å². The Balaban J connectivity index is 2.04. The van der Waals surface area contributed by atoms with Gasteiger partial charge in [-0.15, -0.1) is 0 Å². The van der Waals surface area contributed by atoms with Crippen LogP contribution in [0.4, 0.5) is 0 Å². The van der Waals surface area contributed by atoms with Crippen molar-refractivity contribution in [2.24, 2.45) is 0 Å². The fourth-order valence-electron chi connectivity index (χ4n) is 3.46. The molecule has 2 aromatic rings. The first-order valence-corrected chi connectivity index (χ1v) is 8.68. The lowest BCUT2D eigenvalue weighted by atomic mass is 9.85. The van der Waals surface area contributed by atoms with Crippen LogP contribution >= 0.6 is 0 Å². The second-order valence-electron chi connectivity index (χ2n) is 6.72. The van der Waals surface area contributed by atoms with E-state index in [0.717, 1.165) is 6.42 Å². The minimum atomic E-state index is 0.635. The molecule has 0 heteroatoms. The molecule has 0 heterocycles. The summed E-state index contributed by atoms with van der Waals surface area (Å²) in [7, 11) is 0. The van der Waals surface area contributed by atoms with Crippen LogP contribution in [0.15, 0.2) is 42.5 Å². The van der Waals surface area contributed by atoms with Crippen molar-refractivity contribution in [1.82, 2.24) is 0 Å². The molecule has 0 saturated heterocycles. The maximum atomic E-state index is 2.38. The molecule has 0 amide bonds. The highest BCUT2D eigenvalue weighted by Crippen LogP contribution is 2.31. The fraction of sp³-hybridized carbons (Fsp3) is 0.455. The molecule has 0 aliphatic heterocycles. The van der Waals surface area contributed by atoms with Crippen molar-refractivity contribution in [3.05, 3.63) is 70.3 Å². The van der Waals surface area contributed by atoms with Crippen molar-refractivity contribution in [3.63, 3.8) is 0 Å². The Morgan fingerprint density at radius 2 is 1.36 bits per heavy atom. The zero-order valence-corrected chi connectivity index (χ0v) is 14.8. The van der Waals surface area contributed by atoms with Crippen molar-refractivity contribution in [2.75, 3.05) is 0 Å². The second-order valence-corrected chi connectivity index (χ2v) is 6.72. The van der Waals surface area contributed by atoms with Crippen LogP contribution in [-0.4, -0.2) is 0 Å². The van der Waals surface area contributed by atoms with E-state index in [9.17, 15) is 0 Å². The Bertz CT molecular complexity index is 609. The van der Waals surface area contributed by atoms with Gasteiger partial charge >= 0.3 is 0 Å². The monoisotopic (exact) mass is 294 g/mol. The van der Waals surface area contributed by atoms with Crippen molar-refractivity contribution in [3.8, 4) is 0 Å². The highest BCUT2D eigenvalue weighted by atomic mass is 14.2. The van der Waals surface area contributed by atoms with Crippen LogP contribution < -0.4 is 0 Å². The molecule has 0 fully saturated rings.